The minimum absolute atomic E-state index is 0.382. The zero-order valence-electron chi connectivity index (χ0n) is 12.3. The first-order valence-electron chi connectivity index (χ1n) is 8.20. The van der Waals surface area contributed by atoms with Crippen molar-refractivity contribution in [2.75, 3.05) is 39.6 Å². The highest BCUT2D eigenvalue weighted by Crippen LogP contribution is 2.55. The van der Waals surface area contributed by atoms with Gasteiger partial charge in [-0.1, -0.05) is 6.92 Å². The molecule has 0 N–H and O–H groups in total. The Labute approximate surface area is 121 Å². The second kappa shape index (κ2) is 5.56. The van der Waals surface area contributed by atoms with E-state index in [-0.39, 0.29) is 0 Å². The summed E-state index contributed by atoms with van der Waals surface area (Å²) in [6.07, 6.45) is 3.55. The van der Waals surface area contributed by atoms with Crippen molar-refractivity contribution in [2.45, 2.75) is 32.0 Å². The second-order valence-corrected chi connectivity index (χ2v) is 7.19. The second-order valence-electron chi connectivity index (χ2n) is 7.19. The van der Waals surface area contributed by atoms with Gasteiger partial charge in [-0.25, -0.2) is 0 Å². The molecule has 0 aromatic carbocycles. The lowest BCUT2D eigenvalue weighted by Gasteiger charge is -2.34. The maximum Gasteiger partial charge on any atom is 0.104 e. The first-order chi connectivity index (χ1) is 9.81. The van der Waals surface area contributed by atoms with E-state index in [0.29, 0.717) is 24.0 Å². The standard InChI is InChI=1S/C16H26O4/c1-10-2-11-3-14(10)16(9-18-5-13-7-20-13)15(11)8-17-4-12-6-19-12/h10-16H,2-9H2,1H3. The summed E-state index contributed by atoms with van der Waals surface area (Å²) in [7, 11) is 0. The summed E-state index contributed by atoms with van der Waals surface area (Å²) in [4.78, 5) is 0. The molecule has 7 atom stereocenters. The Morgan fingerprint density at radius 1 is 0.850 bits per heavy atom. The van der Waals surface area contributed by atoms with E-state index in [4.69, 9.17) is 18.9 Å². The van der Waals surface area contributed by atoms with Gasteiger partial charge in [0.2, 0.25) is 0 Å². The van der Waals surface area contributed by atoms with Crippen LogP contribution in [-0.2, 0) is 18.9 Å². The Morgan fingerprint density at radius 3 is 2.05 bits per heavy atom. The van der Waals surface area contributed by atoms with Crippen LogP contribution in [0.2, 0.25) is 0 Å². The summed E-state index contributed by atoms with van der Waals surface area (Å²) in [6, 6.07) is 0. The largest absolute Gasteiger partial charge is 0.378 e. The van der Waals surface area contributed by atoms with E-state index >= 15 is 0 Å². The number of epoxide rings is 2. The molecule has 0 aromatic heterocycles. The molecule has 2 heterocycles. The SMILES string of the molecule is CC1CC2CC1C(COCC1CO1)C2COCC1CO1. The maximum absolute atomic E-state index is 5.91. The molecule has 2 aliphatic carbocycles. The van der Waals surface area contributed by atoms with Gasteiger partial charge in [0.15, 0.2) is 0 Å². The lowest BCUT2D eigenvalue weighted by atomic mass is 9.75. The predicted octanol–water partition coefficient (Wildman–Crippen LogP) is 1.73. The molecule has 4 fully saturated rings. The smallest absolute Gasteiger partial charge is 0.104 e. The molecule has 0 amide bonds. The average Bonchev–Trinajstić information content (AvgIpc) is 3.33. The minimum Gasteiger partial charge on any atom is -0.378 e. The Bertz CT molecular complexity index is 339. The molecule has 2 aliphatic heterocycles. The van der Waals surface area contributed by atoms with Gasteiger partial charge < -0.3 is 18.9 Å². The van der Waals surface area contributed by atoms with Crippen molar-refractivity contribution in [1.29, 1.82) is 0 Å². The Hall–Kier alpha value is -0.160. The van der Waals surface area contributed by atoms with Crippen LogP contribution in [0.1, 0.15) is 19.8 Å². The fourth-order valence-corrected chi connectivity index (χ4v) is 4.45. The quantitative estimate of drug-likeness (QED) is 0.636. The van der Waals surface area contributed by atoms with Gasteiger partial charge in [-0.05, 0) is 42.4 Å². The summed E-state index contributed by atoms with van der Waals surface area (Å²) in [6.45, 7) is 7.57. The molecule has 0 spiro atoms. The number of fused-ring (bicyclic) bond motifs is 2. The molecule has 20 heavy (non-hydrogen) atoms. The van der Waals surface area contributed by atoms with E-state index in [2.05, 4.69) is 6.92 Å². The Morgan fingerprint density at radius 2 is 1.45 bits per heavy atom. The summed E-state index contributed by atoms with van der Waals surface area (Å²) in [5.74, 6) is 3.98. The summed E-state index contributed by atoms with van der Waals surface area (Å²) in [5, 5.41) is 0. The van der Waals surface area contributed by atoms with Crippen LogP contribution in [0, 0.1) is 29.6 Å². The van der Waals surface area contributed by atoms with Crippen molar-refractivity contribution in [3.63, 3.8) is 0 Å². The van der Waals surface area contributed by atoms with Gasteiger partial charge in [0.05, 0.1) is 39.6 Å². The van der Waals surface area contributed by atoms with Crippen molar-refractivity contribution in [3.8, 4) is 0 Å². The van der Waals surface area contributed by atoms with Crippen molar-refractivity contribution < 1.29 is 18.9 Å². The van der Waals surface area contributed by atoms with Crippen LogP contribution < -0.4 is 0 Å². The molecule has 4 heteroatoms. The first-order valence-corrected chi connectivity index (χ1v) is 8.20. The number of ether oxygens (including phenoxy) is 4. The van der Waals surface area contributed by atoms with Crippen LogP contribution in [-0.4, -0.2) is 51.8 Å². The van der Waals surface area contributed by atoms with E-state index in [9.17, 15) is 0 Å². The lowest BCUT2D eigenvalue weighted by molar-refractivity contribution is -0.00705. The molecule has 0 aromatic rings. The van der Waals surface area contributed by atoms with E-state index in [1.807, 2.05) is 0 Å². The molecule has 114 valence electrons. The van der Waals surface area contributed by atoms with E-state index in [1.54, 1.807) is 0 Å². The summed E-state index contributed by atoms with van der Waals surface area (Å²) in [5.41, 5.74) is 0. The minimum atomic E-state index is 0.382. The highest BCUT2D eigenvalue weighted by Gasteiger charge is 2.51. The summed E-state index contributed by atoms with van der Waals surface area (Å²) >= 11 is 0. The number of rotatable bonds is 8. The zero-order valence-corrected chi connectivity index (χ0v) is 12.3. The maximum atomic E-state index is 5.91. The van der Waals surface area contributed by atoms with Gasteiger partial charge in [-0.15, -0.1) is 0 Å². The predicted molar refractivity (Wildman–Crippen MR) is 73.5 cm³/mol. The van der Waals surface area contributed by atoms with Gasteiger partial charge in [0.25, 0.3) is 0 Å². The molecule has 4 aliphatic rings. The normalized spacial score (nSPS) is 48.8. The monoisotopic (exact) mass is 282 g/mol. The molecule has 4 nitrogen and oxygen atoms in total. The van der Waals surface area contributed by atoms with Crippen LogP contribution in [0.5, 0.6) is 0 Å². The third-order valence-corrected chi connectivity index (χ3v) is 5.72. The zero-order chi connectivity index (χ0) is 13.5. The van der Waals surface area contributed by atoms with Gasteiger partial charge in [0.1, 0.15) is 12.2 Å². The Balaban J connectivity index is 1.28. The van der Waals surface area contributed by atoms with Gasteiger partial charge in [-0.3, -0.25) is 0 Å². The van der Waals surface area contributed by atoms with Crippen LogP contribution >= 0.6 is 0 Å². The highest BCUT2D eigenvalue weighted by atomic mass is 16.6. The van der Waals surface area contributed by atoms with Crippen LogP contribution in [0.4, 0.5) is 0 Å². The third-order valence-electron chi connectivity index (χ3n) is 5.72. The molecule has 7 unspecified atom stereocenters. The van der Waals surface area contributed by atoms with E-state index in [1.165, 1.54) is 12.8 Å². The van der Waals surface area contributed by atoms with Gasteiger partial charge >= 0.3 is 0 Å². The fraction of sp³-hybridized carbons (Fsp3) is 1.00. The molecule has 0 radical (unpaired) electrons. The van der Waals surface area contributed by atoms with Crippen molar-refractivity contribution >= 4 is 0 Å². The van der Waals surface area contributed by atoms with Crippen molar-refractivity contribution in [3.05, 3.63) is 0 Å². The molecule has 2 bridgehead atoms. The molecular formula is C16H26O4. The Kier molecular flexibility index (Phi) is 3.75. The molecule has 2 saturated carbocycles. The average molecular weight is 282 g/mol. The van der Waals surface area contributed by atoms with Crippen LogP contribution in [0.15, 0.2) is 0 Å². The van der Waals surface area contributed by atoms with Gasteiger partial charge in [0, 0.05) is 0 Å². The van der Waals surface area contributed by atoms with E-state index in [0.717, 1.165) is 57.4 Å². The molecule has 2 saturated heterocycles. The fourth-order valence-electron chi connectivity index (χ4n) is 4.45. The number of hydrogen-bond donors (Lipinski definition) is 0. The topological polar surface area (TPSA) is 43.5 Å². The van der Waals surface area contributed by atoms with E-state index < -0.39 is 0 Å². The molecular weight excluding hydrogens is 256 g/mol. The lowest BCUT2D eigenvalue weighted by Crippen LogP contribution is -2.34. The third kappa shape index (κ3) is 2.89. The van der Waals surface area contributed by atoms with Crippen LogP contribution in [0.25, 0.3) is 0 Å². The van der Waals surface area contributed by atoms with Crippen molar-refractivity contribution in [2.24, 2.45) is 29.6 Å². The van der Waals surface area contributed by atoms with Gasteiger partial charge in [-0.2, -0.15) is 0 Å². The first kappa shape index (κ1) is 13.5. The van der Waals surface area contributed by atoms with Crippen molar-refractivity contribution in [1.82, 2.24) is 0 Å². The van der Waals surface area contributed by atoms with Crippen LogP contribution in [0.3, 0.4) is 0 Å². The molecule has 4 rings (SSSR count). The number of hydrogen-bond acceptors (Lipinski definition) is 4. The highest BCUT2D eigenvalue weighted by molar-refractivity contribution is 4.99. The summed E-state index contributed by atoms with van der Waals surface area (Å²) < 4.78 is 22.2.